The number of aliphatic hydroxyl groups excluding tert-OH is 2. The van der Waals surface area contributed by atoms with E-state index in [1.54, 1.807) is 39.2 Å². The van der Waals surface area contributed by atoms with E-state index in [1.807, 2.05) is 0 Å². The molecule has 34 heavy (non-hydrogen) atoms. The largest absolute Gasteiger partial charge is 0.510 e. The van der Waals surface area contributed by atoms with Gasteiger partial charge in [-0.15, -0.1) is 12.4 Å². The van der Waals surface area contributed by atoms with Gasteiger partial charge in [-0.05, 0) is 50.6 Å². The molecule has 10 nitrogen and oxygen atoms in total. The van der Waals surface area contributed by atoms with E-state index in [2.05, 4.69) is 0 Å². The Morgan fingerprint density at radius 3 is 2.26 bits per heavy atom. The number of benzene rings is 1. The Morgan fingerprint density at radius 2 is 1.74 bits per heavy atom. The monoisotopic (exact) mass is 493 g/mol. The highest BCUT2D eigenvalue weighted by Gasteiger charge is 2.63. The Bertz CT molecular complexity index is 1170. The van der Waals surface area contributed by atoms with E-state index in [0.717, 1.165) is 5.69 Å². The van der Waals surface area contributed by atoms with Crippen molar-refractivity contribution in [3.63, 3.8) is 0 Å². The molecule has 0 bridgehead atoms. The zero-order chi connectivity index (χ0) is 24.6. The fourth-order valence-electron chi connectivity index (χ4n) is 5.65. The maximum atomic E-state index is 13.5. The Hall–Kier alpha value is -3.08. The predicted molar refractivity (Wildman–Crippen MR) is 125 cm³/mol. The number of allylic oxidation sites excluding steroid dienone is 1. The van der Waals surface area contributed by atoms with Crippen LogP contribution in [0.1, 0.15) is 22.3 Å². The number of carbonyl (C=O) groups is 3. The molecule has 1 aromatic rings. The molecule has 0 aliphatic heterocycles. The molecule has 1 aromatic carbocycles. The molecule has 4 rings (SSSR count). The Labute approximate surface area is 202 Å². The van der Waals surface area contributed by atoms with E-state index < -0.39 is 58.0 Å². The summed E-state index contributed by atoms with van der Waals surface area (Å²) in [4.78, 5) is 42.0. The minimum atomic E-state index is -2.63. The summed E-state index contributed by atoms with van der Waals surface area (Å²) >= 11 is 0. The maximum absolute atomic E-state index is 13.5. The number of nitrogens with zero attached hydrogens (tertiary/aromatic N) is 2. The number of carbonyl (C=O) groups excluding carboxylic acids is 3. The lowest BCUT2D eigenvalue weighted by Crippen LogP contribution is -2.63. The maximum Gasteiger partial charge on any atom is 0.255 e. The molecule has 3 unspecified atom stereocenters. The zero-order valence-electron chi connectivity index (χ0n) is 19.2. The van der Waals surface area contributed by atoms with E-state index in [4.69, 9.17) is 5.73 Å². The second-order valence-electron chi connectivity index (χ2n) is 9.31. The van der Waals surface area contributed by atoms with Crippen molar-refractivity contribution < 1.29 is 34.8 Å². The minimum absolute atomic E-state index is 0. The molecular weight excluding hydrogens is 466 g/mol. The number of nitrogens with two attached hydrogens (primary N) is 1. The summed E-state index contributed by atoms with van der Waals surface area (Å²) in [5, 5.41) is 43.9. The molecule has 0 saturated heterocycles. The second kappa shape index (κ2) is 8.30. The zero-order valence-corrected chi connectivity index (χ0v) is 20.0. The van der Waals surface area contributed by atoms with Crippen LogP contribution in [-0.4, -0.2) is 82.6 Å². The highest BCUT2D eigenvalue weighted by molar-refractivity contribution is 6.24. The lowest BCUT2D eigenvalue weighted by Gasteiger charge is -2.50. The number of primary amides is 1. The Kier molecular flexibility index (Phi) is 6.23. The van der Waals surface area contributed by atoms with Gasteiger partial charge in [0.25, 0.3) is 5.91 Å². The number of anilines is 1. The topological polar surface area (TPSA) is 165 Å². The number of rotatable bonds is 3. The third kappa shape index (κ3) is 3.20. The molecule has 0 radical (unpaired) electrons. The van der Waals surface area contributed by atoms with Gasteiger partial charge >= 0.3 is 0 Å². The summed E-state index contributed by atoms with van der Waals surface area (Å²) in [5.74, 6) is -6.53. The number of phenolic OH excluding ortho intramolecular Hbond substituents is 1. The predicted octanol–water partition coefficient (Wildman–Crippen LogP) is 0.608. The molecule has 0 heterocycles. The summed E-state index contributed by atoms with van der Waals surface area (Å²) < 4.78 is 0. The number of likely N-dealkylation sites (N-methyl/N-ethyl adjacent to an activating group) is 1. The van der Waals surface area contributed by atoms with Crippen LogP contribution in [0, 0.1) is 11.8 Å². The third-order valence-corrected chi connectivity index (χ3v) is 7.06. The van der Waals surface area contributed by atoms with Gasteiger partial charge in [-0.2, -0.15) is 0 Å². The second-order valence-corrected chi connectivity index (χ2v) is 9.31. The van der Waals surface area contributed by atoms with Gasteiger partial charge in [0.1, 0.15) is 22.8 Å². The lowest BCUT2D eigenvalue weighted by atomic mass is 9.58. The van der Waals surface area contributed by atoms with Crippen LogP contribution in [0.15, 0.2) is 34.8 Å². The van der Waals surface area contributed by atoms with Crippen molar-refractivity contribution in [1.29, 1.82) is 0 Å². The van der Waals surface area contributed by atoms with Gasteiger partial charge in [0.2, 0.25) is 5.78 Å². The van der Waals surface area contributed by atoms with Crippen LogP contribution in [-0.2, 0) is 16.0 Å². The van der Waals surface area contributed by atoms with Crippen molar-refractivity contribution in [2.24, 2.45) is 17.6 Å². The number of aromatic hydroxyl groups is 1. The van der Waals surface area contributed by atoms with E-state index >= 15 is 0 Å². The first kappa shape index (κ1) is 25.5. The fourth-order valence-corrected chi connectivity index (χ4v) is 5.65. The first-order valence-corrected chi connectivity index (χ1v) is 10.5. The molecule has 6 N–H and O–H groups in total. The number of halogens is 1. The molecule has 3 aliphatic carbocycles. The van der Waals surface area contributed by atoms with E-state index in [0.29, 0.717) is 5.56 Å². The molecule has 0 saturated carbocycles. The first-order chi connectivity index (χ1) is 15.3. The van der Waals surface area contributed by atoms with Crippen LogP contribution in [0.4, 0.5) is 5.69 Å². The van der Waals surface area contributed by atoms with Crippen LogP contribution in [0.5, 0.6) is 5.75 Å². The lowest BCUT2D eigenvalue weighted by molar-refractivity contribution is -0.148. The molecule has 3 aliphatic rings. The van der Waals surface area contributed by atoms with Gasteiger partial charge in [-0.1, -0.05) is 0 Å². The van der Waals surface area contributed by atoms with Gasteiger partial charge in [0.15, 0.2) is 11.4 Å². The van der Waals surface area contributed by atoms with Crippen molar-refractivity contribution in [1.82, 2.24) is 4.90 Å². The van der Waals surface area contributed by atoms with Crippen LogP contribution >= 0.6 is 12.4 Å². The van der Waals surface area contributed by atoms with Gasteiger partial charge in [0.05, 0.1) is 11.6 Å². The molecule has 184 valence electrons. The molecule has 0 fully saturated rings. The van der Waals surface area contributed by atoms with Crippen molar-refractivity contribution in [3.05, 3.63) is 45.9 Å². The first-order valence-electron chi connectivity index (χ1n) is 10.5. The van der Waals surface area contributed by atoms with Crippen molar-refractivity contribution >= 4 is 35.6 Å². The number of amides is 1. The normalized spacial score (nSPS) is 28.2. The van der Waals surface area contributed by atoms with Crippen molar-refractivity contribution in [2.45, 2.75) is 24.5 Å². The Balaban J connectivity index is 0.00000324. The van der Waals surface area contributed by atoms with Crippen LogP contribution < -0.4 is 10.6 Å². The van der Waals surface area contributed by atoms with Crippen molar-refractivity contribution in [3.8, 4) is 5.75 Å². The molecule has 4 atom stereocenters. The summed E-state index contributed by atoms with van der Waals surface area (Å²) in [6.07, 6.45) is 0.324. The number of hydrogen-bond acceptors (Lipinski definition) is 9. The number of ketones is 2. The average Bonchev–Trinajstić information content (AvgIpc) is 2.70. The van der Waals surface area contributed by atoms with Crippen LogP contribution in [0.25, 0.3) is 0 Å². The standard InChI is InChI=1S/C23H27N3O7.ClH/c1-25(2)12-5-6-13(27)15-10(12)7-9-8-11-17(26(3)4)19(29)16(22(24)32)21(31)23(11,33)20(30)14(9)18(15)28;/h5-6,9,11,17,27,29-30,33H,7-8H2,1-4H3,(H2,24,32);1H/t9?,11?,17-,23?;/m0./s1. The highest BCUT2D eigenvalue weighted by Crippen LogP contribution is 2.52. The van der Waals surface area contributed by atoms with Crippen LogP contribution in [0.3, 0.4) is 0 Å². The van der Waals surface area contributed by atoms with E-state index in [-0.39, 0.29) is 42.1 Å². The molecular formula is C23H28ClN3O7. The van der Waals surface area contributed by atoms with E-state index in [9.17, 15) is 34.8 Å². The third-order valence-electron chi connectivity index (χ3n) is 7.06. The van der Waals surface area contributed by atoms with E-state index in [1.165, 1.54) is 11.0 Å². The quantitative estimate of drug-likeness (QED) is 0.379. The molecule has 0 aromatic heterocycles. The van der Waals surface area contributed by atoms with Gasteiger partial charge in [-0.3, -0.25) is 19.3 Å². The average molecular weight is 494 g/mol. The summed E-state index contributed by atoms with van der Waals surface area (Å²) in [6, 6.07) is 2.06. The number of Topliss-reactive ketones (excluding diaryl/α,β-unsaturated/α-hetero) is 2. The summed E-state index contributed by atoms with van der Waals surface area (Å²) in [7, 11) is 6.79. The van der Waals surface area contributed by atoms with Gasteiger partial charge in [-0.25, -0.2) is 0 Å². The number of aliphatic hydroxyl groups is 3. The molecule has 11 heteroatoms. The fraction of sp³-hybridized carbons (Fsp3) is 0.435. The van der Waals surface area contributed by atoms with Crippen molar-refractivity contribution in [2.75, 3.05) is 33.1 Å². The molecule has 0 spiro atoms. The summed E-state index contributed by atoms with van der Waals surface area (Å²) in [6.45, 7) is 0. The van der Waals surface area contributed by atoms with Gasteiger partial charge in [0, 0.05) is 31.3 Å². The molecule has 1 amide bonds. The van der Waals surface area contributed by atoms with Gasteiger partial charge < -0.3 is 31.1 Å². The SMILES string of the molecule is CN(C)c1ccc(O)c2c1CC1CC3[C@H](N(C)C)C(O)=C(C(N)=O)C(=O)C3(O)C(O)=C1C2=O.Cl. The number of phenols is 1. The smallest absolute Gasteiger partial charge is 0.255 e. The highest BCUT2D eigenvalue weighted by atomic mass is 35.5. The van der Waals surface area contributed by atoms with Crippen LogP contribution in [0.2, 0.25) is 0 Å². The Morgan fingerprint density at radius 1 is 1.12 bits per heavy atom. The minimum Gasteiger partial charge on any atom is -0.510 e. The number of fused-ring (bicyclic) bond motifs is 3. The number of hydrogen-bond donors (Lipinski definition) is 5. The summed E-state index contributed by atoms with van der Waals surface area (Å²) in [5.41, 5.74) is 3.02.